The number of carbonyl (C=O) groups is 1. The maximum atomic E-state index is 10.8. The topological polar surface area (TPSA) is 26.3 Å². The second kappa shape index (κ2) is 22.2. The SMILES string of the molecule is CCCCCCCCCCCCCC=CC=CC=CC=CC=CC(=O)OC. The van der Waals surface area contributed by atoms with E-state index in [1.54, 1.807) is 12.2 Å². The number of esters is 1. The van der Waals surface area contributed by atoms with Crippen molar-refractivity contribution in [1.29, 1.82) is 0 Å². The lowest BCUT2D eigenvalue weighted by Gasteiger charge is -2.01. The van der Waals surface area contributed by atoms with Gasteiger partial charge in [-0.15, -0.1) is 0 Å². The van der Waals surface area contributed by atoms with E-state index in [0.29, 0.717) is 0 Å². The van der Waals surface area contributed by atoms with Crippen molar-refractivity contribution in [2.75, 3.05) is 7.11 Å². The monoisotopic (exact) mass is 372 g/mol. The second-order valence-electron chi connectivity index (χ2n) is 6.79. The van der Waals surface area contributed by atoms with Crippen LogP contribution in [0.25, 0.3) is 0 Å². The lowest BCUT2D eigenvalue weighted by Crippen LogP contribution is -1.92. The summed E-state index contributed by atoms with van der Waals surface area (Å²) < 4.78 is 4.50. The van der Waals surface area contributed by atoms with Crippen molar-refractivity contribution in [1.82, 2.24) is 0 Å². The zero-order valence-corrected chi connectivity index (χ0v) is 17.6. The predicted molar refractivity (Wildman–Crippen MR) is 119 cm³/mol. The third-order valence-electron chi connectivity index (χ3n) is 4.32. The van der Waals surface area contributed by atoms with Gasteiger partial charge in [0.25, 0.3) is 0 Å². The van der Waals surface area contributed by atoms with Crippen LogP contribution >= 0.6 is 0 Å². The minimum atomic E-state index is -0.341. The van der Waals surface area contributed by atoms with Crippen LogP contribution in [0.3, 0.4) is 0 Å². The summed E-state index contributed by atoms with van der Waals surface area (Å²) in [6.07, 6.45) is 35.5. The number of hydrogen-bond donors (Lipinski definition) is 0. The lowest BCUT2D eigenvalue weighted by molar-refractivity contribution is -0.134. The molecule has 0 N–H and O–H groups in total. The zero-order valence-electron chi connectivity index (χ0n) is 17.6. The number of methoxy groups -OCH3 is 1. The fourth-order valence-corrected chi connectivity index (χ4v) is 2.69. The van der Waals surface area contributed by atoms with Crippen LogP contribution in [0.4, 0.5) is 0 Å². The van der Waals surface area contributed by atoms with E-state index in [9.17, 15) is 4.79 Å². The van der Waals surface area contributed by atoms with Gasteiger partial charge in [-0.3, -0.25) is 0 Å². The lowest BCUT2D eigenvalue weighted by atomic mass is 10.1. The van der Waals surface area contributed by atoms with Crippen molar-refractivity contribution >= 4 is 5.97 Å². The number of allylic oxidation sites excluding steroid dienone is 9. The van der Waals surface area contributed by atoms with E-state index in [-0.39, 0.29) is 5.97 Å². The van der Waals surface area contributed by atoms with Crippen LogP contribution in [0.5, 0.6) is 0 Å². The average Bonchev–Trinajstić information content (AvgIpc) is 2.68. The highest BCUT2D eigenvalue weighted by atomic mass is 16.5. The van der Waals surface area contributed by atoms with Crippen molar-refractivity contribution in [3.05, 3.63) is 60.8 Å². The minimum absolute atomic E-state index is 0.341. The molecule has 0 saturated heterocycles. The highest BCUT2D eigenvalue weighted by Crippen LogP contribution is 2.11. The first-order valence-electron chi connectivity index (χ1n) is 10.7. The fourth-order valence-electron chi connectivity index (χ4n) is 2.69. The van der Waals surface area contributed by atoms with Crippen LogP contribution in [0.2, 0.25) is 0 Å². The van der Waals surface area contributed by atoms with Crippen LogP contribution in [-0.2, 0) is 9.53 Å². The molecule has 27 heavy (non-hydrogen) atoms. The molecule has 2 heteroatoms. The largest absolute Gasteiger partial charge is 0.466 e. The summed E-state index contributed by atoms with van der Waals surface area (Å²) in [6, 6.07) is 0. The van der Waals surface area contributed by atoms with Crippen LogP contribution in [0.1, 0.15) is 84.0 Å². The Balaban J connectivity index is 3.43. The summed E-state index contributed by atoms with van der Waals surface area (Å²) in [5.41, 5.74) is 0. The average molecular weight is 373 g/mol. The third-order valence-corrected chi connectivity index (χ3v) is 4.32. The molecule has 0 atom stereocenters. The van der Waals surface area contributed by atoms with Crippen molar-refractivity contribution in [3.8, 4) is 0 Å². The molecule has 0 saturated carbocycles. The van der Waals surface area contributed by atoms with E-state index in [1.807, 2.05) is 30.4 Å². The maximum absolute atomic E-state index is 10.8. The third kappa shape index (κ3) is 22.1. The molecule has 0 aromatic heterocycles. The molecule has 0 aromatic rings. The summed E-state index contributed by atoms with van der Waals surface area (Å²) in [5.74, 6) is -0.341. The van der Waals surface area contributed by atoms with Crippen molar-refractivity contribution in [3.63, 3.8) is 0 Å². The number of hydrogen-bond acceptors (Lipinski definition) is 2. The highest BCUT2D eigenvalue weighted by molar-refractivity contribution is 5.82. The summed E-state index contributed by atoms with van der Waals surface area (Å²) in [4.78, 5) is 10.8. The molecule has 2 nitrogen and oxygen atoms in total. The first-order valence-corrected chi connectivity index (χ1v) is 10.7. The summed E-state index contributed by atoms with van der Waals surface area (Å²) in [7, 11) is 1.37. The quantitative estimate of drug-likeness (QED) is 0.113. The summed E-state index contributed by atoms with van der Waals surface area (Å²) >= 11 is 0. The second-order valence-corrected chi connectivity index (χ2v) is 6.79. The van der Waals surface area contributed by atoms with Crippen LogP contribution in [0.15, 0.2) is 60.8 Å². The standard InChI is InChI=1S/C25H40O2/c1-3-4-5-6-7-8-9-10-11-12-13-14-15-16-17-18-19-20-21-22-23-24-25(26)27-2/h15-24H,3-14H2,1-2H3. The van der Waals surface area contributed by atoms with Crippen molar-refractivity contribution < 1.29 is 9.53 Å². The first-order chi connectivity index (χ1) is 13.3. The van der Waals surface area contributed by atoms with E-state index in [0.717, 1.165) is 0 Å². The Bertz CT molecular complexity index is 467. The Morgan fingerprint density at radius 2 is 1.07 bits per heavy atom. The Labute approximate surface area is 167 Å². The smallest absolute Gasteiger partial charge is 0.330 e. The number of ether oxygens (including phenoxy) is 1. The molecule has 0 aliphatic rings. The molecule has 0 heterocycles. The molecule has 152 valence electrons. The van der Waals surface area contributed by atoms with E-state index in [2.05, 4.69) is 23.8 Å². The Kier molecular flexibility index (Phi) is 20.7. The van der Waals surface area contributed by atoms with Gasteiger partial charge >= 0.3 is 5.97 Å². The molecule has 0 rings (SSSR count). The normalized spacial score (nSPS) is 12.5. The Morgan fingerprint density at radius 3 is 1.59 bits per heavy atom. The van der Waals surface area contributed by atoms with E-state index < -0.39 is 0 Å². The molecular weight excluding hydrogens is 332 g/mol. The minimum Gasteiger partial charge on any atom is -0.466 e. The highest BCUT2D eigenvalue weighted by Gasteiger charge is 1.92. The van der Waals surface area contributed by atoms with E-state index >= 15 is 0 Å². The van der Waals surface area contributed by atoms with Gasteiger partial charge in [0.1, 0.15) is 0 Å². The van der Waals surface area contributed by atoms with Gasteiger partial charge in [-0.05, 0) is 12.8 Å². The summed E-state index contributed by atoms with van der Waals surface area (Å²) in [5, 5.41) is 0. The molecule has 0 aliphatic carbocycles. The molecule has 0 bridgehead atoms. The molecular formula is C25H40O2. The van der Waals surface area contributed by atoms with Crippen LogP contribution < -0.4 is 0 Å². The van der Waals surface area contributed by atoms with Crippen LogP contribution in [-0.4, -0.2) is 13.1 Å². The maximum Gasteiger partial charge on any atom is 0.330 e. The van der Waals surface area contributed by atoms with Gasteiger partial charge in [-0.25, -0.2) is 4.79 Å². The van der Waals surface area contributed by atoms with Gasteiger partial charge in [0.05, 0.1) is 7.11 Å². The molecule has 0 amide bonds. The van der Waals surface area contributed by atoms with Gasteiger partial charge in [-0.2, -0.15) is 0 Å². The first kappa shape index (κ1) is 25.2. The van der Waals surface area contributed by atoms with Gasteiger partial charge in [0.15, 0.2) is 0 Å². The zero-order chi connectivity index (χ0) is 19.8. The van der Waals surface area contributed by atoms with Gasteiger partial charge < -0.3 is 4.74 Å². The molecule has 0 aliphatic heterocycles. The molecule has 0 fully saturated rings. The Hall–Kier alpha value is -1.83. The van der Waals surface area contributed by atoms with Crippen molar-refractivity contribution in [2.24, 2.45) is 0 Å². The molecule has 0 unspecified atom stereocenters. The molecule has 0 spiro atoms. The van der Waals surface area contributed by atoms with E-state index in [4.69, 9.17) is 0 Å². The molecule has 0 aromatic carbocycles. The van der Waals surface area contributed by atoms with Crippen molar-refractivity contribution in [2.45, 2.75) is 84.0 Å². The Morgan fingerprint density at radius 1 is 0.630 bits per heavy atom. The number of carbonyl (C=O) groups excluding carboxylic acids is 1. The van der Waals surface area contributed by atoms with E-state index in [1.165, 1.54) is 90.2 Å². The predicted octanol–water partition coefficient (Wildman–Crippen LogP) is 7.64. The van der Waals surface area contributed by atoms with Gasteiger partial charge in [0.2, 0.25) is 0 Å². The number of unbranched alkanes of at least 4 members (excludes halogenated alkanes) is 11. The van der Waals surface area contributed by atoms with Gasteiger partial charge in [0, 0.05) is 6.08 Å². The van der Waals surface area contributed by atoms with Crippen LogP contribution in [0, 0.1) is 0 Å². The number of rotatable bonds is 17. The molecule has 0 radical (unpaired) electrons. The van der Waals surface area contributed by atoms with Gasteiger partial charge in [-0.1, -0.05) is 126 Å². The summed E-state index contributed by atoms with van der Waals surface area (Å²) in [6.45, 7) is 2.28. The fraction of sp³-hybridized carbons (Fsp3) is 0.560.